The van der Waals surface area contributed by atoms with Crippen molar-refractivity contribution in [3.63, 3.8) is 0 Å². The first-order valence-electron chi connectivity index (χ1n) is 6.86. The molecule has 1 aliphatic heterocycles. The van der Waals surface area contributed by atoms with Gasteiger partial charge in [-0.25, -0.2) is 8.42 Å². The average molecular weight is 326 g/mol. The summed E-state index contributed by atoms with van der Waals surface area (Å²) in [6.45, 7) is 0.940. The Labute approximate surface area is 129 Å². The van der Waals surface area contributed by atoms with Gasteiger partial charge in [-0.15, -0.1) is 0 Å². The minimum absolute atomic E-state index is 0.229. The number of ether oxygens (including phenoxy) is 2. The molecular weight excluding hydrogens is 308 g/mol. The molecule has 2 rings (SSSR count). The van der Waals surface area contributed by atoms with Gasteiger partial charge in [-0.2, -0.15) is 0 Å². The molecule has 1 aromatic rings. The van der Waals surface area contributed by atoms with E-state index < -0.39 is 10.0 Å². The van der Waals surface area contributed by atoms with Gasteiger partial charge in [-0.05, 0) is 18.6 Å². The topological polar surface area (TPSA) is 94.1 Å². The van der Waals surface area contributed by atoms with E-state index in [-0.39, 0.29) is 23.9 Å². The molecule has 0 saturated carbocycles. The van der Waals surface area contributed by atoms with Gasteiger partial charge in [-0.1, -0.05) is 12.1 Å². The molecule has 0 amide bonds. The zero-order chi connectivity index (χ0) is 16.0. The van der Waals surface area contributed by atoms with E-state index in [1.54, 1.807) is 18.2 Å². The molecule has 1 aromatic carbocycles. The number of amidine groups is 1. The number of fused-ring (bicyclic) bond motifs is 1. The summed E-state index contributed by atoms with van der Waals surface area (Å²) in [6, 6.07) is 6.65. The van der Waals surface area contributed by atoms with Crippen molar-refractivity contribution in [3.05, 3.63) is 29.8 Å². The second-order valence-electron chi connectivity index (χ2n) is 4.65. The summed E-state index contributed by atoms with van der Waals surface area (Å²) in [6.07, 6.45) is 0.716. The average Bonchev–Trinajstić information content (AvgIpc) is 2.76. The molecule has 0 bridgehead atoms. The summed E-state index contributed by atoms with van der Waals surface area (Å²) >= 11 is 0. The van der Waals surface area contributed by atoms with Crippen molar-refractivity contribution in [2.24, 2.45) is 4.99 Å². The van der Waals surface area contributed by atoms with Crippen LogP contribution in [0.25, 0.3) is 0 Å². The maximum atomic E-state index is 11.9. The van der Waals surface area contributed by atoms with Gasteiger partial charge in [0.05, 0.1) is 11.5 Å². The Morgan fingerprint density at radius 3 is 2.82 bits per heavy atom. The number of hydrogen-bond donors (Lipinski definition) is 1. The Morgan fingerprint density at radius 1 is 1.27 bits per heavy atom. The van der Waals surface area contributed by atoms with Crippen LogP contribution in [0.1, 0.15) is 18.4 Å². The maximum Gasteiger partial charge on any atom is 0.305 e. The Morgan fingerprint density at radius 2 is 2.05 bits per heavy atom. The van der Waals surface area contributed by atoms with Gasteiger partial charge in [0.25, 0.3) is 10.0 Å². The highest BCUT2D eigenvalue weighted by Crippen LogP contribution is 2.22. The fourth-order valence-electron chi connectivity index (χ4n) is 1.98. The predicted molar refractivity (Wildman–Crippen MR) is 80.2 cm³/mol. The number of aliphatic imine (C=N–C) groups is 1. The molecule has 0 fully saturated rings. The number of benzene rings is 1. The third-order valence-electron chi connectivity index (χ3n) is 3.02. The maximum absolute atomic E-state index is 11.9. The summed E-state index contributed by atoms with van der Waals surface area (Å²) < 4.78 is 35.9. The van der Waals surface area contributed by atoms with Crippen LogP contribution in [0.15, 0.2) is 34.2 Å². The fourth-order valence-corrected chi connectivity index (χ4v) is 3.23. The van der Waals surface area contributed by atoms with E-state index in [2.05, 4.69) is 9.71 Å². The van der Waals surface area contributed by atoms with Crippen molar-refractivity contribution < 1.29 is 22.7 Å². The summed E-state index contributed by atoms with van der Waals surface area (Å²) in [4.78, 5) is 15.8. The van der Waals surface area contributed by atoms with Crippen molar-refractivity contribution in [2.45, 2.75) is 17.7 Å². The Kier molecular flexibility index (Phi) is 5.51. The summed E-state index contributed by atoms with van der Waals surface area (Å²) in [5.41, 5.74) is 0.560. The number of nitrogens with zero attached hydrogens (tertiary/aromatic N) is 1. The first-order chi connectivity index (χ1) is 10.5. The SMILES string of the molecule is COCCOC(=O)CCCN=C1NS(=O)(=O)c2ccccc21. The highest BCUT2D eigenvalue weighted by atomic mass is 32.2. The number of rotatable bonds is 7. The fraction of sp³-hybridized carbons (Fsp3) is 0.429. The smallest absolute Gasteiger partial charge is 0.305 e. The van der Waals surface area contributed by atoms with Crippen LogP contribution >= 0.6 is 0 Å². The number of hydrogen-bond acceptors (Lipinski definition) is 6. The predicted octanol–water partition coefficient (Wildman–Crippen LogP) is 0.695. The van der Waals surface area contributed by atoms with Crippen LogP contribution in [-0.2, 0) is 24.3 Å². The van der Waals surface area contributed by atoms with Crippen LogP contribution in [0.4, 0.5) is 0 Å². The van der Waals surface area contributed by atoms with E-state index in [1.165, 1.54) is 13.2 Å². The molecule has 0 aliphatic carbocycles. The molecule has 0 aromatic heterocycles. The Balaban J connectivity index is 1.87. The van der Waals surface area contributed by atoms with Crippen LogP contribution in [0.2, 0.25) is 0 Å². The van der Waals surface area contributed by atoms with Gasteiger partial charge < -0.3 is 9.47 Å². The molecule has 8 heteroatoms. The van der Waals surface area contributed by atoms with Crippen molar-refractivity contribution in [2.75, 3.05) is 26.9 Å². The molecule has 0 spiro atoms. The third-order valence-corrected chi connectivity index (χ3v) is 4.42. The van der Waals surface area contributed by atoms with Gasteiger partial charge in [0, 0.05) is 25.6 Å². The minimum atomic E-state index is -3.51. The highest BCUT2D eigenvalue weighted by molar-refractivity contribution is 7.90. The van der Waals surface area contributed by atoms with Gasteiger partial charge in [0.2, 0.25) is 0 Å². The quantitative estimate of drug-likeness (QED) is 0.588. The highest BCUT2D eigenvalue weighted by Gasteiger charge is 2.29. The minimum Gasteiger partial charge on any atom is -0.463 e. The number of sulfonamides is 1. The number of nitrogens with one attached hydrogen (secondary N) is 1. The van der Waals surface area contributed by atoms with Crippen LogP contribution in [-0.4, -0.2) is 47.1 Å². The summed E-state index contributed by atoms with van der Waals surface area (Å²) in [5, 5.41) is 0. The summed E-state index contributed by atoms with van der Waals surface area (Å²) in [7, 11) is -1.98. The second kappa shape index (κ2) is 7.37. The molecule has 120 valence electrons. The van der Waals surface area contributed by atoms with Gasteiger partial charge in [-0.3, -0.25) is 14.5 Å². The van der Waals surface area contributed by atoms with Crippen LogP contribution < -0.4 is 4.72 Å². The molecular formula is C14H18N2O5S. The van der Waals surface area contributed by atoms with Gasteiger partial charge >= 0.3 is 5.97 Å². The third kappa shape index (κ3) is 4.05. The molecule has 0 atom stereocenters. The second-order valence-corrected chi connectivity index (χ2v) is 6.30. The van der Waals surface area contributed by atoms with E-state index >= 15 is 0 Å². The van der Waals surface area contributed by atoms with Crippen molar-refractivity contribution in [1.29, 1.82) is 0 Å². The van der Waals surface area contributed by atoms with E-state index in [1.807, 2.05) is 0 Å². The zero-order valence-electron chi connectivity index (χ0n) is 12.2. The lowest BCUT2D eigenvalue weighted by molar-refractivity contribution is -0.144. The Bertz CT molecular complexity index is 670. The monoisotopic (exact) mass is 326 g/mol. The van der Waals surface area contributed by atoms with Crippen molar-refractivity contribution >= 4 is 21.8 Å². The molecule has 1 aliphatic rings. The molecule has 1 heterocycles. The molecule has 7 nitrogen and oxygen atoms in total. The summed E-state index contributed by atoms with van der Waals surface area (Å²) in [5.74, 6) is 0.00741. The van der Waals surface area contributed by atoms with Crippen molar-refractivity contribution in [1.82, 2.24) is 4.72 Å². The van der Waals surface area contributed by atoms with Gasteiger partial charge in [0.15, 0.2) is 0 Å². The lowest BCUT2D eigenvalue weighted by Crippen LogP contribution is -2.22. The zero-order valence-corrected chi connectivity index (χ0v) is 13.1. The molecule has 0 unspecified atom stereocenters. The van der Waals surface area contributed by atoms with E-state index in [0.29, 0.717) is 31.0 Å². The van der Waals surface area contributed by atoms with E-state index in [4.69, 9.17) is 9.47 Å². The van der Waals surface area contributed by atoms with E-state index in [0.717, 1.165) is 0 Å². The number of carbonyl (C=O) groups excluding carboxylic acids is 1. The lowest BCUT2D eigenvalue weighted by Gasteiger charge is -2.03. The van der Waals surface area contributed by atoms with Gasteiger partial charge in [0.1, 0.15) is 12.4 Å². The van der Waals surface area contributed by atoms with E-state index in [9.17, 15) is 13.2 Å². The first kappa shape index (κ1) is 16.4. The largest absolute Gasteiger partial charge is 0.463 e. The number of esters is 1. The molecule has 0 radical (unpaired) electrons. The standard InChI is InChI=1S/C14H18N2O5S/c1-20-9-10-21-13(17)7-4-8-15-14-11-5-2-3-6-12(11)22(18,19)16-14/h2-3,5-6H,4,7-10H2,1H3,(H,15,16). The Hall–Kier alpha value is -1.93. The number of carbonyl (C=O) groups is 1. The molecule has 0 saturated heterocycles. The van der Waals surface area contributed by atoms with Crippen LogP contribution in [0, 0.1) is 0 Å². The van der Waals surface area contributed by atoms with Crippen LogP contribution in [0.3, 0.4) is 0 Å². The molecule has 1 N–H and O–H groups in total. The van der Waals surface area contributed by atoms with Crippen LogP contribution in [0.5, 0.6) is 0 Å². The van der Waals surface area contributed by atoms with Crippen molar-refractivity contribution in [3.8, 4) is 0 Å². The molecule has 22 heavy (non-hydrogen) atoms. The normalized spacial score (nSPS) is 17.0. The number of methoxy groups -OCH3 is 1. The lowest BCUT2D eigenvalue weighted by atomic mass is 10.2. The first-order valence-corrected chi connectivity index (χ1v) is 8.34.